The number of aryl methyl sites for hydroxylation is 2. The Labute approximate surface area is 81.7 Å². The van der Waals surface area contributed by atoms with Crippen molar-refractivity contribution in [2.75, 3.05) is 13.2 Å². The van der Waals surface area contributed by atoms with E-state index in [1.54, 1.807) is 0 Å². The molecule has 0 saturated heterocycles. The molecular weight excluding hydrogens is 160 g/mol. The van der Waals surface area contributed by atoms with E-state index in [0.29, 0.717) is 0 Å². The van der Waals surface area contributed by atoms with Gasteiger partial charge in [-0.15, -0.1) is 0 Å². The fraction of sp³-hybridized carbons (Fsp3) is 0.500. The summed E-state index contributed by atoms with van der Waals surface area (Å²) in [5.41, 5.74) is 2.66. The average Bonchev–Trinajstić information content (AvgIpc) is 2.13. The van der Waals surface area contributed by atoms with E-state index in [1.807, 2.05) is 13.8 Å². The molecule has 0 atom stereocenters. The SMILES string of the molecule is CCOCC.Cc1ccc(C)cc1. The molecule has 1 aromatic carbocycles. The minimum atomic E-state index is 0.844. The van der Waals surface area contributed by atoms with Crippen molar-refractivity contribution in [2.24, 2.45) is 0 Å². The predicted molar refractivity (Wildman–Crippen MR) is 58.1 cm³/mol. The number of rotatable bonds is 2. The second-order valence-corrected chi connectivity index (χ2v) is 2.94. The predicted octanol–water partition coefficient (Wildman–Crippen LogP) is 3.35. The van der Waals surface area contributed by atoms with Crippen molar-refractivity contribution in [3.63, 3.8) is 0 Å². The van der Waals surface area contributed by atoms with Gasteiger partial charge in [0, 0.05) is 13.2 Å². The summed E-state index contributed by atoms with van der Waals surface area (Å²) in [5, 5.41) is 0. The Balaban J connectivity index is 0.000000252. The molecule has 1 rings (SSSR count). The van der Waals surface area contributed by atoms with Crippen molar-refractivity contribution in [1.29, 1.82) is 0 Å². The van der Waals surface area contributed by atoms with E-state index < -0.39 is 0 Å². The van der Waals surface area contributed by atoms with Gasteiger partial charge in [-0.25, -0.2) is 0 Å². The van der Waals surface area contributed by atoms with Gasteiger partial charge in [0.05, 0.1) is 0 Å². The molecule has 0 aliphatic rings. The van der Waals surface area contributed by atoms with Gasteiger partial charge in [-0.05, 0) is 27.7 Å². The molecule has 0 spiro atoms. The lowest BCUT2D eigenvalue weighted by molar-refractivity contribution is 0.162. The Morgan fingerprint density at radius 2 is 1.15 bits per heavy atom. The van der Waals surface area contributed by atoms with Crippen LogP contribution in [0.4, 0.5) is 0 Å². The maximum Gasteiger partial charge on any atom is 0.0437 e. The third-order valence-electron chi connectivity index (χ3n) is 1.63. The van der Waals surface area contributed by atoms with Crippen molar-refractivity contribution in [3.05, 3.63) is 35.4 Å². The van der Waals surface area contributed by atoms with Crippen LogP contribution in [-0.2, 0) is 4.74 Å². The van der Waals surface area contributed by atoms with Crippen LogP contribution < -0.4 is 0 Å². The topological polar surface area (TPSA) is 9.23 Å². The fourth-order valence-corrected chi connectivity index (χ4v) is 0.841. The van der Waals surface area contributed by atoms with E-state index in [4.69, 9.17) is 4.74 Å². The number of hydrogen-bond donors (Lipinski definition) is 0. The molecule has 74 valence electrons. The first-order chi connectivity index (χ1) is 6.20. The molecule has 0 aliphatic heterocycles. The van der Waals surface area contributed by atoms with E-state index in [-0.39, 0.29) is 0 Å². The third kappa shape index (κ3) is 7.54. The molecule has 1 aromatic rings. The van der Waals surface area contributed by atoms with Gasteiger partial charge in [0.15, 0.2) is 0 Å². The summed E-state index contributed by atoms with van der Waals surface area (Å²) in [5.74, 6) is 0. The summed E-state index contributed by atoms with van der Waals surface area (Å²) >= 11 is 0. The van der Waals surface area contributed by atoms with Gasteiger partial charge >= 0.3 is 0 Å². The quantitative estimate of drug-likeness (QED) is 0.678. The van der Waals surface area contributed by atoms with Crippen LogP contribution in [0.25, 0.3) is 0 Å². The van der Waals surface area contributed by atoms with E-state index in [9.17, 15) is 0 Å². The van der Waals surface area contributed by atoms with Crippen LogP contribution in [0.1, 0.15) is 25.0 Å². The lowest BCUT2D eigenvalue weighted by Crippen LogP contribution is -1.84. The van der Waals surface area contributed by atoms with Gasteiger partial charge < -0.3 is 4.74 Å². The Hall–Kier alpha value is -0.820. The minimum Gasteiger partial charge on any atom is -0.382 e. The fourth-order valence-electron chi connectivity index (χ4n) is 0.841. The van der Waals surface area contributed by atoms with Crippen LogP contribution in [-0.4, -0.2) is 13.2 Å². The molecular formula is C12H20O. The van der Waals surface area contributed by atoms with E-state index >= 15 is 0 Å². The highest BCUT2D eigenvalue weighted by Crippen LogP contribution is 1.99. The van der Waals surface area contributed by atoms with Gasteiger partial charge in [0.2, 0.25) is 0 Å². The van der Waals surface area contributed by atoms with E-state index in [1.165, 1.54) is 11.1 Å². The molecule has 13 heavy (non-hydrogen) atoms. The first-order valence-electron chi connectivity index (χ1n) is 4.81. The molecule has 0 N–H and O–H groups in total. The molecule has 0 bridgehead atoms. The third-order valence-corrected chi connectivity index (χ3v) is 1.63. The zero-order valence-corrected chi connectivity index (χ0v) is 9.13. The van der Waals surface area contributed by atoms with Crippen molar-refractivity contribution < 1.29 is 4.74 Å². The summed E-state index contributed by atoms with van der Waals surface area (Å²) in [4.78, 5) is 0. The number of ether oxygens (including phenoxy) is 1. The van der Waals surface area contributed by atoms with Gasteiger partial charge in [-0.2, -0.15) is 0 Å². The summed E-state index contributed by atoms with van der Waals surface area (Å²) in [6, 6.07) is 8.48. The first kappa shape index (κ1) is 12.2. The molecule has 1 nitrogen and oxygen atoms in total. The van der Waals surface area contributed by atoms with Crippen molar-refractivity contribution in [1.82, 2.24) is 0 Å². The molecule has 0 aromatic heterocycles. The zero-order valence-electron chi connectivity index (χ0n) is 9.13. The van der Waals surface area contributed by atoms with Crippen LogP contribution in [0.2, 0.25) is 0 Å². The normalized spacial score (nSPS) is 8.92. The average molecular weight is 180 g/mol. The lowest BCUT2D eigenvalue weighted by atomic mass is 10.2. The van der Waals surface area contributed by atoms with Gasteiger partial charge in [-0.3, -0.25) is 0 Å². The van der Waals surface area contributed by atoms with Crippen LogP contribution >= 0.6 is 0 Å². The first-order valence-corrected chi connectivity index (χ1v) is 4.81. The second-order valence-electron chi connectivity index (χ2n) is 2.94. The molecule has 0 aliphatic carbocycles. The zero-order chi connectivity index (χ0) is 10.1. The standard InChI is InChI=1S/C8H10.C4H10O/c1-7-3-5-8(2)6-4-7;1-3-5-4-2/h3-6H,1-2H3;3-4H2,1-2H3. The summed E-state index contributed by atoms with van der Waals surface area (Å²) < 4.78 is 4.83. The van der Waals surface area contributed by atoms with Crippen LogP contribution in [0.5, 0.6) is 0 Å². The molecule has 0 heterocycles. The Kier molecular flexibility index (Phi) is 7.32. The lowest BCUT2D eigenvalue weighted by Gasteiger charge is -1.90. The molecule has 0 radical (unpaired) electrons. The van der Waals surface area contributed by atoms with Crippen molar-refractivity contribution in [2.45, 2.75) is 27.7 Å². The maximum absolute atomic E-state index is 4.83. The Morgan fingerprint density at radius 1 is 0.846 bits per heavy atom. The van der Waals surface area contributed by atoms with Crippen LogP contribution in [0.15, 0.2) is 24.3 Å². The number of hydrogen-bond acceptors (Lipinski definition) is 1. The summed E-state index contributed by atoms with van der Waals surface area (Å²) in [6.45, 7) is 9.86. The van der Waals surface area contributed by atoms with Gasteiger partial charge in [-0.1, -0.05) is 35.4 Å². The maximum atomic E-state index is 4.83. The highest BCUT2D eigenvalue weighted by molar-refractivity contribution is 5.19. The van der Waals surface area contributed by atoms with Crippen LogP contribution in [0, 0.1) is 13.8 Å². The van der Waals surface area contributed by atoms with Gasteiger partial charge in [0.1, 0.15) is 0 Å². The highest BCUT2D eigenvalue weighted by atomic mass is 16.5. The smallest absolute Gasteiger partial charge is 0.0437 e. The molecule has 0 saturated carbocycles. The molecule has 0 unspecified atom stereocenters. The summed E-state index contributed by atoms with van der Waals surface area (Å²) in [7, 11) is 0. The largest absolute Gasteiger partial charge is 0.382 e. The van der Waals surface area contributed by atoms with Gasteiger partial charge in [0.25, 0.3) is 0 Å². The second kappa shape index (κ2) is 7.81. The molecule has 0 amide bonds. The van der Waals surface area contributed by atoms with Crippen LogP contribution in [0.3, 0.4) is 0 Å². The summed E-state index contributed by atoms with van der Waals surface area (Å²) in [6.07, 6.45) is 0. The Morgan fingerprint density at radius 3 is 1.31 bits per heavy atom. The monoisotopic (exact) mass is 180 g/mol. The van der Waals surface area contributed by atoms with E-state index in [0.717, 1.165) is 13.2 Å². The van der Waals surface area contributed by atoms with Crippen molar-refractivity contribution >= 4 is 0 Å². The van der Waals surface area contributed by atoms with E-state index in [2.05, 4.69) is 38.1 Å². The van der Waals surface area contributed by atoms with Crippen molar-refractivity contribution in [3.8, 4) is 0 Å². The number of benzene rings is 1. The molecule has 0 fully saturated rings. The molecule has 1 heteroatoms. The highest BCUT2D eigenvalue weighted by Gasteiger charge is 1.79. The minimum absolute atomic E-state index is 0.844. The Bertz CT molecular complexity index is 178.